The topological polar surface area (TPSA) is 59.0 Å². The van der Waals surface area contributed by atoms with Crippen molar-refractivity contribution in [2.24, 2.45) is 5.18 Å². The Balaban J connectivity index is 4.40. The lowest BCUT2D eigenvalue weighted by Crippen LogP contribution is -2.43. The summed E-state index contributed by atoms with van der Waals surface area (Å²) in [6.07, 6.45) is -0.402. The Kier molecular flexibility index (Phi) is 5.25. The quantitative estimate of drug-likeness (QED) is 0.678. The van der Waals surface area contributed by atoms with Gasteiger partial charge in [-0.1, -0.05) is 5.18 Å². The molecule has 88 valence electrons. The first-order valence-corrected chi connectivity index (χ1v) is 5.10. The van der Waals surface area contributed by atoms with Crippen molar-refractivity contribution in [1.29, 1.82) is 0 Å². The summed E-state index contributed by atoms with van der Waals surface area (Å²) in [5.74, 6) is 0. The molecule has 0 aliphatic rings. The van der Waals surface area contributed by atoms with Gasteiger partial charge in [-0.25, -0.2) is 4.79 Å². The molecule has 0 fully saturated rings. The third-order valence-corrected chi connectivity index (χ3v) is 1.84. The Morgan fingerprint density at radius 3 is 2.33 bits per heavy atom. The van der Waals surface area contributed by atoms with Gasteiger partial charge in [-0.2, -0.15) is 4.91 Å². The molecule has 0 bridgehead atoms. The van der Waals surface area contributed by atoms with Crippen LogP contribution in [0, 0.1) is 4.91 Å². The Morgan fingerprint density at radius 1 is 1.47 bits per heavy atom. The Morgan fingerprint density at radius 2 is 2.00 bits per heavy atom. The van der Waals surface area contributed by atoms with E-state index in [2.05, 4.69) is 5.18 Å². The molecule has 0 heterocycles. The molecule has 0 rings (SSSR count). The summed E-state index contributed by atoms with van der Waals surface area (Å²) in [7, 11) is 0. The van der Waals surface area contributed by atoms with Crippen molar-refractivity contribution in [3.8, 4) is 0 Å². The van der Waals surface area contributed by atoms with Crippen LogP contribution in [0.15, 0.2) is 5.18 Å². The summed E-state index contributed by atoms with van der Waals surface area (Å²) < 4.78 is 5.20. The molecule has 0 saturated carbocycles. The molecule has 1 atom stereocenters. The molecule has 1 amide bonds. The van der Waals surface area contributed by atoms with E-state index in [1.165, 1.54) is 4.90 Å². The van der Waals surface area contributed by atoms with Crippen molar-refractivity contribution in [2.45, 2.75) is 46.3 Å². The minimum absolute atomic E-state index is 0.0904. The summed E-state index contributed by atoms with van der Waals surface area (Å²) in [6.45, 7) is 9.63. The van der Waals surface area contributed by atoms with E-state index in [1.807, 2.05) is 6.92 Å². The average Bonchev–Trinajstić information content (AvgIpc) is 2.02. The third-order valence-electron chi connectivity index (χ3n) is 1.84. The van der Waals surface area contributed by atoms with Crippen LogP contribution in [0.1, 0.15) is 34.6 Å². The molecule has 0 aromatic heterocycles. The highest BCUT2D eigenvalue weighted by Gasteiger charge is 2.24. The van der Waals surface area contributed by atoms with Crippen LogP contribution in [0.5, 0.6) is 0 Å². The number of hydrogen-bond acceptors (Lipinski definition) is 4. The average molecular weight is 216 g/mol. The number of amides is 1. The fraction of sp³-hybridized carbons (Fsp3) is 0.900. The zero-order valence-corrected chi connectivity index (χ0v) is 10.1. The van der Waals surface area contributed by atoms with Gasteiger partial charge >= 0.3 is 6.09 Å². The predicted octanol–water partition coefficient (Wildman–Crippen LogP) is 2.40. The van der Waals surface area contributed by atoms with E-state index in [4.69, 9.17) is 4.74 Å². The van der Waals surface area contributed by atoms with Crippen molar-refractivity contribution < 1.29 is 9.53 Å². The molecule has 0 spiro atoms. The van der Waals surface area contributed by atoms with E-state index < -0.39 is 11.7 Å². The summed E-state index contributed by atoms with van der Waals surface area (Å²) >= 11 is 0. The smallest absolute Gasteiger partial charge is 0.410 e. The van der Waals surface area contributed by atoms with Crippen molar-refractivity contribution in [3.63, 3.8) is 0 Å². The summed E-state index contributed by atoms with van der Waals surface area (Å²) in [5.41, 5.74) is -0.515. The van der Waals surface area contributed by atoms with Crippen LogP contribution in [-0.4, -0.2) is 35.7 Å². The monoisotopic (exact) mass is 216 g/mol. The molecule has 0 aliphatic heterocycles. The minimum atomic E-state index is -0.515. The maximum absolute atomic E-state index is 11.7. The lowest BCUT2D eigenvalue weighted by molar-refractivity contribution is 0.0196. The van der Waals surface area contributed by atoms with Gasteiger partial charge in [-0.05, 0) is 34.6 Å². The number of carbonyl (C=O) groups excluding carboxylic acids is 1. The third kappa shape index (κ3) is 5.34. The molecular weight excluding hydrogens is 196 g/mol. The van der Waals surface area contributed by atoms with Crippen LogP contribution >= 0.6 is 0 Å². The highest BCUT2D eigenvalue weighted by Crippen LogP contribution is 2.11. The van der Waals surface area contributed by atoms with Gasteiger partial charge in [0, 0.05) is 6.54 Å². The predicted molar refractivity (Wildman–Crippen MR) is 58.7 cm³/mol. The van der Waals surface area contributed by atoms with Crippen molar-refractivity contribution >= 4 is 6.09 Å². The van der Waals surface area contributed by atoms with E-state index in [-0.39, 0.29) is 12.6 Å². The van der Waals surface area contributed by atoms with E-state index in [9.17, 15) is 9.70 Å². The second-order valence-electron chi connectivity index (χ2n) is 4.43. The van der Waals surface area contributed by atoms with Crippen molar-refractivity contribution in [1.82, 2.24) is 4.90 Å². The first-order chi connectivity index (χ1) is 6.81. The number of ether oxygens (including phenoxy) is 1. The molecule has 15 heavy (non-hydrogen) atoms. The van der Waals surface area contributed by atoms with Gasteiger partial charge < -0.3 is 9.64 Å². The molecule has 0 saturated heterocycles. The highest BCUT2D eigenvalue weighted by molar-refractivity contribution is 5.68. The van der Waals surface area contributed by atoms with Crippen LogP contribution in [-0.2, 0) is 4.74 Å². The van der Waals surface area contributed by atoms with Gasteiger partial charge in [0.25, 0.3) is 0 Å². The van der Waals surface area contributed by atoms with Gasteiger partial charge in [0.15, 0.2) is 0 Å². The van der Waals surface area contributed by atoms with Gasteiger partial charge in [-0.15, -0.1) is 0 Å². The van der Waals surface area contributed by atoms with Gasteiger partial charge in [0.05, 0.1) is 6.04 Å². The van der Waals surface area contributed by atoms with Crippen LogP contribution in [0.2, 0.25) is 0 Å². The highest BCUT2D eigenvalue weighted by atomic mass is 16.6. The number of likely N-dealkylation sites (N-methyl/N-ethyl adjacent to an activating group) is 1. The maximum Gasteiger partial charge on any atom is 0.410 e. The lowest BCUT2D eigenvalue weighted by Gasteiger charge is -2.29. The fourth-order valence-electron chi connectivity index (χ4n) is 1.15. The largest absolute Gasteiger partial charge is 0.444 e. The van der Waals surface area contributed by atoms with Crippen LogP contribution in [0.4, 0.5) is 4.79 Å². The van der Waals surface area contributed by atoms with Gasteiger partial charge in [-0.3, -0.25) is 0 Å². The minimum Gasteiger partial charge on any atom is -0.444 e. The summed E-state index contributed by atoms with van der Waals surface area (Å²) in [6, 6.07) is -0.220. The van der Waals surface area contributed by atoms with E-state index in [0.717, 1.165) is 0 Å². The number of nitroso groups, excluding NO2 is 1. The SMILES string of the molecule is CCN(C(=O)OC(C)(C)C)C(C)CN=O. The molecular formula is C10H20N2O3. The van der Waals surface area contributed by atoms with E-state index >= 15 is 0 Å². The number of rotatable bonds is 4. The standard InChI is InChI=1S/C10H20N2O3/c1-6-12(8(2)7-11-14)9(13)15-10(3,4)5/h8H,6-7H2,1-5H3. The Bertz CT molecular complexity index is 223. The zero-order chi connectivity index (χ0) is 12.1. The normalized spacial score (nSPS) is 13.1. The first-order valence-electron chi connectivity index (χ1n) is 5.10. The van der Waals surface area contributed by atoms with Crippen LogP contribution < -0.4 is 0 Å². The molecule has 5 heteroatoms. The van der Waals surface area contributed by atoms with Gasteiger partial charge in [0.1, 0.15) is 12.1 Å². The summed E-state index contributed by atoms with van der Waals surface area (Å²) in [5, 5.41) is 2.78. The van der Waals surface area contributed by atoms with E-state index in [1.54, 1.807) is 27.7 Å². The summed E-state index contributed by atoms with van der Waals surface area (Å²) in [4.78, 5) is 23.3. The van der Waals surface area contributed by atoms with Gasteiger partial charge in [0.2, 0.25) is 0 Å². The second-order valence-corrected chi connectivity index (χ2v) is 4.43. The zero-order valence-electron chi connectivity index (χ0n) is 10.1. The van der Waals surface area contributed by atoms with Crippen molar-refractivity contribution in [3.05, 3.63) is 4.91 Å². The molecule has 0 N–H and O–H groups in total. The molecule has 0 radical (unpaired) electrons. The number of carbonyl (C=O) groups is 1. The molecule has 0 aromatic rings. The first kappa shape index (κ1) is 13.9. The Hall–Kier alpha value is -1.13. The number of hydrogen-bond donors (Lipinski definition) is 0. The Labute approximate surface area is 90.8 Å². The molecule has 1 unspecified atom stereocenters. The molecule has 5 nitrogen and oxygen atoms in total. The maximum atomic E-state index is 11.7. The van der Waals surface area contributed by atoms with Crippen molar-refractivity contribution in [2.75, 3.05) is 13.1 Å². The van der Waals surface area contributed by atoms with Crippen LogP contribution in [0.3, 0.4) is 0 Å². The molecule has 0 aliphatic carbocycles. The lowest BCUT2D eigenvalue weighted by atomic mass is 10.2. The second kappa shape index (κ2) is 5.68. The fourth-order valence-corrected chi connectivity index (χ4v) is 1.15. The van der Waals surface area contributed by atoms with E-state index in [0.29, 0.717) is 6.54 Å². The van der Waals surface area contributed by atoms with Crippen LogP contribution in [0.25, 0.3) is 0 Å². The molecule has 0 aromatic carbocycles. The number of nitrogens with zero attached hydrogens (tertiary/aromatic N) is 2.